The zero-order valence-electron chi connectivity index (χ0n) is 9.49. The molecule has 0 unspecified atom stereocenters. The molecule has 0 aliphatic heterocycles. The summed E-state index contributed by atoms with van der Waals surface area (Å²) in [5.41, 5.74) is 0.181. The second kappa shape index (κ2) is 5.41. The van der Waals surface area contributed by atoms with E-state index >= 15 is 0 Å². The molecule has 92 valence electrons. The molecule has 3 nitrogen and oxygen atoms in total. The fourth-order valence-corrected chi connectivity index (χ4v) is 2.29. The highest BCUT2D eigenvalue weighted by Crippen LogP contribution is 2.28. The van der Waals surface area contributed by atoms with Gasteiger partial charge >= 0.3 is 5.97 Å². The van der Waals surface area contributed by atoms with Crippen molar-refractivity contribution in [2.45, 2.75) is 38.2 Å². The Morgan fingerprint density at radius 1 is 1.29 bits per heavy atom. The fraction of sp³-hybridized carbons (Fsp3) is 0.462. The van der Waals surface area contributed by atoms with E-state index in [1.165, 1.54) is 12.5 Å². The summed E-state index contributed by atoms with van der Waals surface area (Å²) in [5.74, 6) is -0.593. The summed E-state index contributed by atoms with van der Waals surface area (Å²) >= 11 is 5.87. The van der Waals surface area contributed by atoms with Gasteiger partial charge in [0.05, 0.1) is 6.10 Å². The Balaban J connectivity index is 2.17. The van der Waals surface area contributed by atoms with Gasteiger partial charge in [0.25, 0.3) is 0 Å². The first-order chi connectivity index (χ1) is 8.16. The maximum atomic E-state index is 11.1. The molecule has 0 aromatic heterocycles. The predicted molar refractivity (Wildman–Crippen MR) is 65.9 cm³/mol. The van der Waals surface area contributed by atoms with Gasteiger partial charge in [-0.1, -0.05) is 18.0 Å². The van der Waals surface area contributed by atoms with E-state index in [-0.39, 0.29) is 11.7 Å². The average Bonchev–Trinajstić information content (AvgIpc) is 2.30. The van der Waals surface area contributed by atoms with Crippen LogP contribution in [-0.2, 0) is 0 Å². The first-order valence-corrected chi connectivity index (χ1v) is 6.24. The highest BCUT2D eigenvalue weighted by Gasteiger charge is 2.18. The fourth-order valence-electron chi connectivity index (χ4n) is 2.13. The molecule has 0 bridgehead atoms. The van der Waals surface area contributed by atoms with E-state index in [4.69, 9.17) is 21.4 Å². The maximum absolute atomic E-state index is 11.1. The Morgan fingerprint density at radius 2 is 2.00 bits per heavy atom. The van der Waals surface area contributed by atoms with Crippen LogP contribution in [0, 0.1) is 0 Å². The van der Waals surface area contributed by atoms with Crippen LogP contribution in [0.1, 0.15) is 42.5 Å². The normalized spacial score (nSPS) is 16.8. The van der Waals surface area contributed by atoms with Crippen LogP contribution in [0.25, 0.3) is 0 Å². The summed E-state index contributed by atoms with van der Waals surface area (Å²) in [6.07, 6.45) is 5.64. The number of hydrogen-bond acceptors (Lipinski definition) is 2. The molecule has 1 saturated carbocycles. The lowest BCUT2D eigenvalue weighted by Gasteiger charge is -2.23. The number of ether oxygens (including phenoxy) is 1. The van der Waals surface area contributed by atoms with E-state index in [1.807, 2.05) is 0 Å². The molecule has 0 radical (unpaired) electrons. The monoisotopic (exact) mass is 254 g/mol. The Hall–Kier alpha value is -1.22. The van der Waals surface area contributed by atoms with Gasteiger partial charge in [0, 0.05) is 5.02 Å². The van der Waals surface area contributed by atoms with Crippen molar-refractivity contribution in [2.24, 2.45) is 0 Å². The summed E-state index contributed by atoms with van der Waals surface area (Å²) in [4.78, 5) is 11.1. The molecular formula is C13H15ClO3. The van der Waals surface area contributed by atoms with Crippen LogP contribution in [0.15, 0.2) is 18.2 Å². The zero-order chi connectivity index (χ0) is 12.3. The highest BCUT2D eigenvalue weighted by molar-refractivity contribution is 6.30. The van der Waals surface area contributed by atoms with Gasteiger partial charge in [0.2, 0.25) is 0 Å². The molecule has 1 aliphatic carbocycles. The summed E-state index contributed by atoms with van der Waals surface area (Å²) in [7, 11) is 0. The summed E-state index contributed by atoms with van der Waals surface area (Å²) in [6, 6.07) is 4.64. The quantitative estimate of drug-likeness (QED) is 0.894. The van der Waals surface area contributed by atoms with Gasteiger partial charge in [-0.15, -0.1) is 0 Å². The van der Waals surface area contributed by atoms with Crippen molar-refractivity contribution >= 4 is 17.6 Å². The van der Waals surface area contributed by atoms with Crippen LogP contribution in [0.3, 0.4) is 0 Å². The number of halogens is 1. The van der Waals surface area contributed by atoms with Gasteiger partial charge in [-0.25, -0.2) is 4.79 Å². The minimum atomic E-state index is -0.979. The van der Waals surface area contributed by atoms with Crippen LogP contribution >= 0.6 is 11.6 Å². The lowest BCUT2D eigenvalue weighted by molar-refractivity contribution is 0.0686. The van der Waals surface area contributed by atoms with Crippen molar-refractivity contribution in [1.29, 1.82) is 0 Å². The van der Waals surface area contributed by atoms with Crippen molar-refractivity contribution in [2.75, 3.05) is 0 Å². The van der Waals surface area contributed by atoms with E-state index in [1.54, 1.807) is 12.1 Å². The van der Waals surface area contributed by atoms with Crippen molar-refractivity contribution in [3.05, 3.63) is 28.8 Å². The van der Waals surface area contributed by atoms with E-state index < -0.39 is 5.97 Å². The van der Waals surface area contributed by atoms with Crippen molar-refractivity contribution in [3.63, 3.8) is 0 Å². The third kappa shape index (κ3) is 3.13. The number of hydrogen-bond donors (Lipinski definition) is 1. The Labute approximate surface area is 105 Å². The molecule has 1 N–H and O–H groups in total. The van der Waals surface area contributed by atoms with Crippen LogP contribution in [0.2, 0.25) is 5.02 Å². The van der Waals surface area contributed by atoms with E-state index in [9.17, 15) is 4.79 Å². The van der Waals surface area contributed by atoms with Crippen LogP contribution in [-0.4, -0.2) is 17.2 Å². The number of benzene rings is 1. The second-order valence-corrected chi connectivity index (χ2v) is 4.76. The first-order valence-electron chi connectivity index (χ1n) is 5.86. The largest absolute Gasteiger partial charge is 0.489 e. The first kappa shape index (κ1) is 12.2. The molecule has 17 heavy (non-hydrogen) atoms. The minimum absolute atomic E-state index is 0.125. The van der Waals surface area contributed by atoms with Crippen LogP contribution in [0.4, 0.5) is 0 Å². The number of rotatable bonds is 3. The highest BCUT2D eigenvalue weighted by atomic mass is 35.5. The SMILES string of the molecule is O=C(O)c1ccc(Cl)cc1OC1CCCCC1. The van der Waals surface area contributed by atoms with Crippen molar-refractivity contribution in [3.8, 4) is 5.75 Å². The third-order valence-corrected chi connectivity index (χ3v) is 3.25. The molecule has 0 saturated heterocycles. The topological polar surface area (TPSA) is 46.5 Å². The molecule has 0 heterocycles. The molecule has 4 heteroatoms. The molecule has 0 spiro atoms. The van der Waals surface area contributed by atoms with Crippen LogP contribution in [0.5, 0.6) is 5.75 Å². The summed E-state index contributed by atoms with van der Waals surface area (Å²) < 4.78 is 5.76. The number of carboxylic acid groups (broad SMARTS) is 1. The average molecular weight is 255 g/mol. The summed E-state index contributed by atoms with van der Waals surface area (Å²) in [5, 5.41) is 9.56. The zero-order valence-corrected chi connectivity index (χ0v) is 10.2. The Bertz CT molecular complexity index is 411. The van der Waals surface area contributed by atoms with E-state index in [0.29, 0.717) is 10.8 Å². The maximum Gasteiger partial charge on any atom is 0.339 e. The number of carboxylic acids is 1. The summed E-state index contributed by atoms with van der Waals surface area (Å²) in [6.45, 7) is 0. The predicted octanol–water partition coefficient (Wildman–Crippen LogP) is 3.75. The molecule has 1 aromatic rings. The van der Waals surface area contributed by atoms with E-state index in [2.05, 4.69) is 0 Å². The van der Waals surface area contributed by atoms with Gasteiger partial charge in [-0.3, -0.25) is 0 Å². The van der Waals surface area contributed by atoms with Gasteiger partial charge < -0.3 is 9.84 Å². The molecular weight excluding hydrogens is 240 g/mol. The number of aromatic carboxylic acids is 1. The Kier molecular flexibility index (Phi) is 3.89. The third-order valence-electron chi connectivity index (χ3n) is 3.02. The van der Waals surface area contributed by atoms with Gasteiger partial charge in [-0.05, 0) is 43.9 Å². The Morgan fingerprint density at radius 3 is 2.65 bits per heavy atom. The number of carbonyl (C=O) groups is 1. The van der Waals surface area contributed by atoms with E-state index in [0.717, 1.165) is 25.7 Å². The lowest BCUT2D eigenvalue weighted by atomic mass is 9.97. The van der Waals surface area contributed by atoms with Gasteiger partial charge in [0.15, 0.2) is 0 Å². The standard InChI is InChI=1S/C13H15ClO3/c14-9-6-7-11(13(15)16)12(8-9)17-10-4-2-1-3-5-10/h6-8,10H,1-5H2,(H,15,16). The molecule has 1 fully saturated rings. The molecule has 2 rings (SSSR count). The molecule has 1 aliphatic rings. The van der Waals surface area contributed by atoms with Crippen molar-refractivity contribution in [1.82, 2.24) is 0 Å². The lowest BCUT2D eigenvalue weighted by Crippen LogP contribution is -2.20. The van der Waals surface area contributed by atoms with Crippen molar-refractivity contribution < 1.29 is 14.6 Å². The second-order valence-electron chi connectivity index (χ2n) is 4.32. The smallest absolute Gasteiger partial charge is 0.339 e. The molecule has 0 atom stereocenters. The molecule has 0 amide bonds. The van der Waals surface area contributed by atoms with Gasteiger partial charge in [-0.2, -0.15) is 0 Å². The molecule has 1 aromatic carbocycles. The van der Waals surface area contributed by atoms with Crippen LogP contribution < -0.4 is 4.74 Å². The van der Waals surface area contributed by atoms with Gasteiger partial charge in [0.1, 0.15) is 11.3 Å². The minimum Gasteiger partial charge on any atom is -0.489 e.